The van der Waals surface area contributed by atoms with Gasteiger partial charge in [0.1, 0.15) is 6.54 Å². The van der Waals surface area contributed by atoms with Crippen LogP contribution in [-0.4, -0.2) is 26.1 Å². The van der Waals surface area contributed by atoms with E-state index in [4.69, 9.17) is 4.74 Å². The van der Waals surface area contributed by atoms with Gasteiger partial charge in [-0.05, 0) is 42.5 Å². The summed E-state index contributed by atoms with van der Waals surface area (Å²) in [5.41, 5.74) is 3.09. The number of hydrogen-bond acceptors (Lipinski definition) is 2. The maximum Gasteiger partial charge on any atom is 0.224 e. The number of quaternary nitrogens is 1. The van der Waals surface area contributed by atoms with Gasteiger partial charge >= 0.3 is 0 Å². The smallest absolute Gasteiger partial charge is 0.224 e. The van der Waals surface area contributed by atoms with Gasteiger partial charge in [-0.2, -0.15) is 0 Å². The van der Waals surface area contributed by atoms with Crippen LogP contribution in [0.3, 0.4) is 0 Å². The topological polar surface area (TPSA) is 42.8 Å². The van der Waals surface area contributed by atoms with Crippen molar-refractivity contribution in [3.63, 3.8) is 0 Å². The molecule has 2 aromatic carbocycles. The van der Waals surface area contributed by atoms with Gasteiger partial charge < -0.3 is 15.0 Å². The third kappa shape index (κ3) is 5.54. The van der Waals surface area contributed by atoms with Crippen LogP contribution >= 0.6 is 0 Å². The first kappa shape index (κ1) is 19.4. The second kappa shape index (κ2) is 9.51. The van der Waals surface area contributed by atoms with Gasteiger partial charge in [-0.15, -0.1) is 0 Å². The van der Waals surface area contributed by atoms with E-state index in [1.54, 1.807) is 17.0 Å². The van der Waals surface area contributed by atoms with Gasteiger partial charge in [0.25, 0.3) is 0 Å². The highest BCUT2D eigenvalue weighted by atomic mass is 19.1. The summed E-state index contributed by atoms with van der Waals surface area (Å²) < 4.78 is 18.7. The Bertz CT molecular complexity index is 773. The molecule has 1 fully saturated rings. The summed E-state index contributed by atoms with van der Waals surface area (Å²) >= 11 is 0. The normalized spacial score (nSPS) is 14.7. The van der Waals surface area contributed by atoms with Crippen LogP contribution in [0.2, 0.25) is 0 Å². The van der Waals surface area contributed by atoms with Crippen LogP contribution in [0.5, 0.6) is 5.75 Å². The van der Waals surface area contributed by atoms with E-state index < -0.39 is 5.82 Å². The molecular formula is C22H28FN2O2+. The Morgan fingerprint density at radius 1 is 1.11 bits per heavy atom. The predicted octanol–water partition coefficient (Wildman–Crippen LogP) is 2.26. The van der Waals surface area contributed by atoms with Gasteiger partial charge in [-0.25, -0.2) is 4.39 Å². The first-order chi connectivity index (χ1) is 13.2. The molecule has 1 amide bonds. The summed E-state index contributed by atoms with van der Waals surface area (Å²) in [6, 6.07) is 12.9. The predicted molar refractivity (Wildman–Crippen MR) is 103 cm³/mol. The molecule has 0 spiro atoms. The summed E-state index contributed by atoms with van der Waals surface area (Å²) in [7, 11) is 1.42. The Labute approximate surface area is 160 Å². The molecule has 3 rings (SSSR count). The molecule has 144 valence electrons. The van der Waals surface area contributed by atoms with Gasteiger partial charge in [0.15, 0.2) is 11.6 Å². The summed E-state index contributed by atoms with van der Waals surface area (Å²) in [4.78, 5) is 13.9. The van der Waals surface area contributed by atoms with Gasteiger partial charge in [-0.1, -0.05) is 30.3 Å². The van der Waals surface area contributed by atoms with Crippen molar-refractivity contribution >= 4 is 5.91 Å². The summed E-state index contributed by atoms with van der Waals surface area (Å²) in [5, 5.41) is 2.97. The number of benzene rings is 2. The van der Waals surface area contributed by atoms with E-state index in [9.17, 15) is 9.18 Å². The number of hydrogen-bond donors (Lipinski definition) is 2. The lowest BCUT2D eigenvalue weighted by molar-refractivity contribution is -0.918. The fourth-order valence-corrected chi connectivity index (χ4v) is 3.66. The molecular weight excluding hydrogens is 343 g/mol. The zero-order valence-electron chi connectivity index (χ0n) is 15.9. The van der Waals surface area contributed by atoms with Crippen LogP contribution in [0, 0.1) is 5.82 Å². The molecule has 1 heterocycles. The van der Waals surface area contributed by atoms with Crippen molar-refractivity contribution in [2.45, 2.75) is 38.8 Å². The van der Waals surface area contributed by atoms with E-state index >= 15 is 0 Å². The van der Waals surface area contributed by atoms with Crippen molar-refractivity contribution in [2.24, 2.45) is 0 Å². The molecule has 0 radical (unpaired) electrons. The van der Waals surface area contributed by atoms with E-state index in [2.05, 4.69) is 23.5 Å². The molecule has 5 heteroatoms. The highest BCUT2D eigenvalue weighted by Crippen LogP contribution is 2.18. The average molecular weight is 371 g/mol. The summed E-state index contributed by atoms with van der Waals surface area (Å²) in [6.07, 6.45) is 4.09. The lowest BCUT2D eigenvalue weighted by Gasteiger charge is -2.24. The van der Waals surface area contributed by atoms with E-state index in [-0.39, 0.29) is 18.1 Å². The SMILES string of the molecule is COc1ccc(CC(=O)NCc2ccccc2C[NH+]2CCCCC2)cc1F. The molecule has 1 aliphatic rings. The van der Waals surface area contributed by atoms with Crippen LogP contribution in [-0.2, 0) is 24.3 Å². The third-order valence-electron chi connectivity index (χ3n) is 5.18. The minimum atomic E-state index is -0.447. The Morgan fingerprint density at radius 3 is 2.56 bits per heavy atom. The standard InChI is InChI=1S/C22H27FN2O2/c1-27-21-10-9-17(13-20(21)23)14-22(26)24-15-18-7-3-4-8-19(18)16-25-11-5-2-6-12-25/h3-4,7-10,13H,2,5-6,11-12,14-16H2,1H3,(H,24,26)/p+1. The second-order valence-electron chi connectivity index (χ2n) is 7.18. The van der Waals surface area contributed by atoms with Crippen LogP contribution < -0.4 is 15.0 Å². The van der Waals surface area contributed by atoms with Crippen LogP contribution in [0.1, 0.15) is 36.0 Å². The highest BCUT2D eigenvalue weighted by Gasteiger charge is 2.16. The molecule has 0 bridgehead atoms. The van der Waals surface area contributed by atoms with E-state index in [1.807, 2.05) is 6.07 Å². The maximum atomic E-state index is 13.8. The Hall–Kier alpha value is -2.40. The van der Waals surface area contributed by atoms with Crippen molar-refractivity contribution in [1.82, 2.24) is 5.32 Å². The summed E-state index contributed by atoms with van der Waals surface area (Å²) in [6.45, 7) is 3.96. The fraction of sp³-hybridized carbons (Fsp3) is 0.409. The minimum absolute atomic E-state index is 0.111. The molecule has 27 heavy (non-hydrogen) atoms. The molecule has 0 atom stereocenters. The Morgan fingerprint density at radius 2 is 1.85 bits per heavy atom. The molecule has 0 aromatic heterocycles. The van der Waals surface area contributed by atoms with Crippen molar-refractivity contribution in [2.75, 3.05) is 20.2 Å². The van der Waals surface area contributed by atoms with E-state index in [1.165, 1.54) is 51.1 Å². The third-order valence-corrected chi connectivity index (χ3v) is 5.18. The van der Waals surface area contributed by atoms with E-state index in [0.717, 1.165) is 12.1 Å². The number of carbonyl (C=O) groups excluding carboxylic acids is 1. The number of rotatable bonds is 7. The summed E-state index contributed by atoms with van der Waals surface area (Å²) in [5.74, 6) is -0.370. The lowest BCUT2D eigenvalue weighted by atomic mass is 10.0. The monoisotopic (exact) mass is 371 g/mol. The Balaban J connectivity index is 1.56. The van der Waals surface area contributed by atoms with Gasteiger partial charge in [-0.3, -0.25) is 4.79 Å². The number of piperidine rings is 1. The quantitative estimate of drug-likeness (QED) is 0.784. The largest absolute Gasteiger partial charge is 0.494 e. The minimum Gasteiger partial charge on any atom is -0.494 e. The number of ether oxygens (including phenoxy) is 1. The number of nitrogens with one attached hydrogen (secondary N) is 2. The first-order valence-electron chi connectivity index (χ1n) is 9.65. The number of carbonyl (C=O) groups is 1. The number of methoxy groups -OCH3 is 1. The number of halogens is 1. The number of amides is 1. The molecule has 0 saturated carbocycles. The van der Waals surface area contributed by atoms with Crippen LogP contribution in [0.15, 0.2) is 42.5 Å². The lowest BCUT2D eigenvalue weighted by Crippen LogP contribution is -3.11. The fourth-order valence-electron chi connectivity index (χ4n) is 3.66. The molecule has 2 N–H and O–H groups in total. The second-order valence-corrected chi connectivity index (χ2v) is 7.18. The first-order valence-corrected chi connectivity index (χ1v) is 9.65. The Kier molecular flexibility index (Phi) is 6.82. The van der Waals surface area contributed by atoms with Gasteiger partial charge in [0.2, 0.25) is 5.91 Å². The van der Waals surface area contributed by atoms with Crippen molar-refractivity contribution in [3.05, 3.63) is 65.0 Å². The molecule has 0 unspecified atom stereocenters. The molecule has 0 aliphatic carbocycles. The molecule has 1 saturated heterocycles. The average Bonchev–Trinajstić information content (AvgIpc) is 2.68. The van der Waals surface area contributed by atoms with Crippen molar-refractivity contribution in [3.8, 4) is 5.75 Å². The van der Waals surface area contributed by atoms with Crippen molar-refractivity contribution < 1.29 is 18.8 Å². The highest BCUT2D eigenvalue weighted by molar-refractivity contribution is 5.78. The zero-order valence-corrected chi connectivity index (χ0v) is 15.9. The molecule has 2 aromatic rings. The molecule has 4 nitrogen and oxygen atoms in total. The number of likely N-dealkylation sites (tertiary alicyclic amines) is 1. The van der Waals surface area contributed by atoms with Crippen molar-refractivity contribution in [1.29, 1.82) is 0 Å². The van der Waals surface area contributed by atoms with Crippen LogP contribution in [0.4, 0.5) is 4.39 Å². The van der Waals surface area contributed by atoms with Gasteiger partial charge in [0, 0.05) is 12.1 Å². The van der Waals surface area contributed by atoms with Crippen LogP contribution in [0.25, 0.3) is 0 Å². The maximum absolute atomic E-state index is 13.8. The van der Waals surface area contributed by atoms with E-state index in [0.29, 0.717) is 12.1 Å². The molecule has 1 aliphatic heterocycles. The van der Waals surface area contributed by atoms with Gasteiger partial charge in [0.05, 0.1) is 26.6 Å². The zero-order chi connectivity index (χ0) is 19.1.